The zero-order valence-electron chi connectivity index (χ0n) is 11.5. The lowest BCUT2D eigenvalue weighted by molar-refractivity contribution is -0.122. The Hall–Kier alpha value is -1.35. The maximum absolute atomic E-state index is 12.1. The topological polar surface area (TPSA) is 55.1 Å². The molecule has 3 nitrogen and oxygen atoms in total. The summed E-state index contributed by atoms with van der Waals surface area (Å²) in [4.78, 5) is 12.1. The van der Waals surface area contributed by atoms with Crippen LogP contribution in [0.3, 0.4) is 0 Å². The van der Waals surface area contributed by atoms with Gasteiger partial charge in [0.25, 0.3) is 0 Å². The van der Waals surface area contributed by atoms with Crippen molar-refractivity contribution < 1.29 is 4.79 Å². The first kappa shape index (κ1) is 14.7. The number of rotatable bonds is 6. The molecule has 2 unspecified atom stereocenters. The number of nitrogens with one attached hydrogen (secondary N) is 1. The third kappa shape index (κ3) is 4.15. The van der Waals surface area contributed by atoms with Crippen LogP contribution in [0.5, 0.6) is 0 Å². The van der Waals surface area contributed by atoms with E-state index in [9.17, 15) is 4.79 Å². The summed E-state index contributed by atoms with van der Waals surface area (Å²) in [5.74, 6) is 0.822. The molecule has 0 radical (unpaired) electrons. The van der Waals surface area contributed by atoms with Gasteiger partial charge in [0.15, 0.2) is 0 Å². The molecule has 0 saturated heterocycles. The molecule has 0 aliphatic heterocycles. The molecule has 1 rings (SSSR count). The molecular formula is C15H24N2O. The minimum atomic E-state index is -0.245. The maximum Gasteiger partial charge on any atom is 0.228 e. The summed E-state index contributed by atoms with van der Waals surface area (Å²) in [7, 11) is 0. The van der Waals surface area contributed by atoms with E-state index in [2.05, 4.69) is 26.1 Å². The molecule has 1 aromatic carbocycles. The molecule has 0 spiro atoms. The van der Waals surface area contributed by atoms with Crippen molar-refractivity contribution in [2.24, 2.45) is 17.6 Å². The molecule has 0 fully saturated rings. The van der Waals surface area contributed by atoms with Gasteiger partial charge in [0, 0.05) is 13.1 Å². The largest absolute Gasteiger partial charge is 0.355 e. The molecule has 0 saturated carbocycles. The molecular weight excluding hydrogens is 224 g/mol. The Balaban J connectivity index is 2.59. The van der Waals surface area contributed by atoms with Crippen molar-refractivity contribution in [2.45, 2.75) is 26.7 Å². The Bertz CT molecular complexity index is 362. The van der Waals surface area contributed by atoms with Gasteiger partial charge in [-0.25, -0.2) is 0 Å². The summed E-state index contributed by atoms with van der Waals surface area (Å²) in [5.41, 5.74) is 6.69. The van der Waals surface area contributed by atoms with Crippen LogP contribution < -0.4 is 11.1 Å². The van der Waals surface area contributed by atoms with E-state index >= 15 is 0 Å². The first-order valence-electron chi connectivity index (χ1n) is 6.59. The van der Waals surface area contributed by atoms with E-state index in [1.54, 1.807) is 0 Å². The van der Waals surface area contributed by atoms with Gasteiger partial charge in [-0.1, -0.05) is 51.1 Å². The quantitative estimate of drug-likeness (QED) is 0.810. The van der Waals surface area contributed by atoms with E-state index in [-0.39, 0.29) is 11.8 Å². The third-order valence-corrected chi connectivity index (χ3v) is 3.49. The Morgan fingerprint density at radius 3 is 2.33 bits per heavy atom. The van der Waals surface area contributed by atoms with Gasteiger partial charge in [-0.2, -0.15) is 0 Å². The first-order valence-corrected chi connectivity index (χ1v) is 6.59. The first-order chi connectivity index (χ1) is 8.56. The van der Waals surface area contributed by atoms with Crippen molar-refractivity contribution in [3.05, 3.63) is 35.9 Å². The highest BCUT2D eigenvalue weighted by Crippen LogP contribution is 2.15. The number of nitrogens with two attached hydrogens (primary N) is 1. The second-order valence-electron chi connectivity index (χ2n) is 5.17. The lowest BCUT2D eigenvalue weighted by Gasteiger charge is -2.19. The highest BCUT2D eigenvalue weighted by molar-refractivity contribution is 5.83. The average molecular weight is 248 g/mol. The van der Waals surface area contributed by atoms with Gasteiger partial charge in [0.1, 0.15) is 0 Å². The SMILES string of the molecule is CC(C)C(C)CNC(=O)C(CN)c1ccccc1. The Morgan fingerprint density at radius 1 is 1.22 bits per heavy atom. The van der Waals surface area contributed by atoms with Crippen LogP contribution >= 0.6 is 0 Å². The molecule has 0 bridgehead atoms. The van der Waals surface area contributed by atoms with Gasteiger partial charge >= 0.3 is 0 Å². The van der Waals surface area contributed by atoms with Crippen LogP contribution in [0, 0.1) is 11.8 Å². The van der Waals surface area contributed by atoms with Crippen LogP contribution in [0.1, 0.15) is 32.3 Å². The summed E-state index contributed by atoms with van der Waals surface area (Å²) < 4.78 is 0. The number of hydrogen-bond donors (Lipinski definition) is 2. The minimum Gasteiger partial charge on any atom is -0.355 e. The molecule has 0 aliphatic carbocycles. The van der Waals surface area contributed by atoms with E-state index in [4.69, 9.17) is 5.73 Å². The van der Waals surface area contributed by atoms with E-state index in [1.165, 1.54) is 0 Å². The van der Waals surface area contributed by atoms with Crippen molar-refractivity contribution in [2.75, 3.05) is 13.1 Å². The number of hydrogen-bond acceptors (Lipinski definition) is 2. The van der Waals surface area contributed by atoms with Crippen LogP contribution in [0.25, 0.3) is 0 Å². The Kier molecular flexibility index (Phi) is 5.86. The zero-order chi connectivity index (χ0) is 13.5. The molecule has 100 valence electrons. The number of benzene rings is 1. The Labute approximate surface area is 110 Å². The van der Waals surface area contributed by atoms with Crippen molar-refractivity contribution >= 4 is 5.91 Å². The van der Waals surface area contributed by atoms with Crippen LogP contribution in [-0.4, -0.2) is 19.0 Å². The number of carbonyl (C=O) groups is 1. The number of carbonyl (C=O) groups excluding carboxylic acids is 1. The molecule has 0 aromatic heterocycles. The summed E-state index contributed by atoms with van der Waals surface area (Å²) in [6, 6.07) is 9.70. The zero-order valence-corrected chi connectivity index (χ0v) is 11.5. The van der Waals surface area contributed by atoms with Crippen molar-refractivity contribution in [1.29, 1.82) is 0 Å². The molecule has 3 N–H and O–H groups in total. The second kappa shape index (κ2) is 7.17. The standard InChI is InChI=1S/C15H24N2O/c1-11(2)12(3)10-17-15(18)14(9-16)13-7-5-4-6-8-13/h4-8,11-12,14H,9-10,16H2,1-3H3,(H,17,18). The Morgan fingerprint density at radius 2 is 1.83 bits per heavy atom. The molecule has 1 aromatic rings. The lowest BCUT2D eigenvalue weighted by Crippen LogP contribution is -2.36. The fraction of sp³-hybridized carbons (Fsp3) is 0.533. The minimum absolute atomic E-state index is 0.0243. The summed E-state index contributed by atoms with van der Waals surface area (Å²) in [5, 5.41) is 2.99. The van der Waals surface area contributed by atoms with Crippen LogP contribution in [-0.2, 0) is 4.79 Å². The molecule has 1 amide bonds. The van der Waals surface area contributed by atoms with Crippen molar-refractivity contribution in [3.63, 3.8) is 0 Å². The smallest absolute Gasteiger partial charge is 0.228 e. The van der Waals surface area contributed by atoms with Gasteiger partial charge in [-0.15, -0.1) is 0 Å². The van der Waals surface area contributed by atoms with Crippen LogP contribution in [0.4, 0.5) is 0 Å². The molecule has 0 aliphatic rings. The second-order valence-corrected chi connectivity index (χ2v) is 5.17. The van der Waals surface area contributed by atoms with Gasteiger partial charge in [0.05, 0.1) is 5.92 Å². The van der Waals surface area contributed by atoms with Gasteiger partial charge < -0.3 is 11.1 Å². The third-order valence-electron chi connectivity index (χ3n) is 3.49. The van der Waals surface area contributed by atoms with Gasteiger partial charge in [0.2, 0.25) is 5.91 Å². The van der Waals surface area contributed by atoms with Gasteiger partial charge in [-0.3, -0.25) is 4.79 Å². The van der Waals surface area contributed by atoms with Gasteiger partial charge in [-0.05, 0) is 17.4 Å². The van der Waals surface area contributed by atoms with Crippen LogP contribution in [0.2, 0.25) is 0 Å². The predicted molar refractivity (Wildman–Crippen MR) is 75.2 cm³/mol. The predicted octanol–water partition coefficient (Wildman–Crippen LogP) is 2.14. The molecule has 18 heavy (non-hydrogen) atoms. The summed E-state index contributed by atoms with van der Waals surface area (Å²) >= 11 is 0. The highest BCUT2D eigenvalue weighted by atomic mass is 16.1. The summed E-state index contributed by atoms with van der Waals surface area (Å²) in [6.07, 6.45) is 0. The van der Waals surface area contributed by atoms with Crippen molar-refractivity contribution in [1.82, 2.24) is 5.32 Å². The maximum atomic E-state index is 12.1. The van der Waals surface area contributed by atoms with E-state index < -0.39 is 0 Å². The van der Waals surface area contributed by atoms with Crippen LogP contribution in [0.15, 0.2) is 30.3 Å². The van der Waals surface area contributed by atoms with E-state index in [1.807, 2.05) is 30.3 Å². The monoisotopic (exact) mass is 248 g/mol. The average Bonchev–Trinajstić information content (AvgIpc) is 2.38. The normalized spacial score (nSPS) is 14.3. The lowest BCUT2D eigenvalue weighted by atomic mass is 9.96. The fourth-order valence-corrected chi connectivity index (χ4v) is 1.70. The van der Waals surface area contributed by atoms with E-state index in [0.717, 1.165) is 5.56 Å². The number of amides is 1. The summed E-state index contributed by atoms with van der Waals surface area (Å²) in [6.45, 7) is 7.51. The van der Waals surface area contributed by atoms with E-state index in [0.29, 0.717) is 24.9 Å². The molecule has 3 heteroatoms. The molecule has 0 heterocycles. The highest BCUT2D eigenvalue weighted by Gasteiger charge is 2.19. The fourth-order valence-electron chi connectivity index (χ4n) is 1.70. The van der Waals surface area contributed by atoms with Crippen molar-refractivity contribution in [3.8, 4) is 0 Å². The molecule has 2 atom stereocenters.